The van der Waals surface area contributed by atoms with Crippen LogP contribution in [-0.4, -0.2) is 11.9 Å². The Morgan fingerprint density at radius 2 is 2.15 bits per heavy atom. The molecular weight excluding hydrogens is 256 g/mol. The van der Waals surface area contributed by atoms with Crippen LogP contribution in [-0.2, 0) is 9.53 Å². The van der Waals surface area contributed by atoms with Crippen LogP contribution in [0.4, 0.5) is 0 Å². The van der Waals surface area contributed by atoms with E-state index in [0.717, 1.165) is 0 Å². The normalized spacial score (nSPS) is 15.8. The number of cyclic esters (lactones) is 1. The van der Waals surface area contributed by atoms with E-state index in [-0.39, 0.29) is 11.6 Å². The molecule has 0 radical (unpaired) electrons. The molecule has 5 nitrogen and oxygen atoms in total. The zero-order valence-electron chi connectivity index (χ0n) is 10.2. The lowest BCUT2D eigenvalue weighted by molar-refractivity contribution is -0.130. The fourth-order valence-electron chi connectivity index (χ4n) is 1.77. The standard InChI is InChI=1S/C15H8N2O3/c16-9-11-4-1-3-10(7-11)8-12-15(18)20-14(17-12)13-5-2-6-19-13/h1-8H. The van der Waals surface area contributed by atoms with Gasteiger partial charge in [0.25, 0.3) is 5.90 Å². The van der Waals surface area contributed by atoms with Crippen LogP contribution < -0.4 is 0 Å². The molecule has 5 heteroatoms. The third-order valence-corrected chi connectivity index (χ3v) is 2.67. The maximum atomic E-state index is 11.7. The van der Waals surface area contributed by atoms with Gasteiger partial charge in [0.1, 0.15) is 0 Å². The lowest BCUT2D eigenvalue weighted by atomic mass is 10.1. The number of aliphatic imine (C=N–C) groups is 1. The second-order valence-corrected chi connectivity index (χ2v) is 4.05. The van der Waals surface area contributed by atoms with Crippen LogP contribution in [0.25, 0.3) is 6.08 Å². The van der Waals surface area contributed by atoms with Crippen molar-refractivity contribution in [3.05, 3.63) is 65.2 Å². The number of esters is 1. The van der Waals surface area contributed by atoms with E-state index >= 15 is 0 Å². The molecule has 1 aromatic carbocycles. The van der Waals surface area contributed by atoms with Gasteiger partial charge in [-0.25, -0.2) is 9.79 Å². The van der Waals surface area contributed by atoms with E-state index in [1.807, 2.05) is 6.07 Å². The number of carbonyl (C=O) groups is 1. The van der Waals surface area contributed by atoms with Crippen LogP contribution in [0.3, 0.4) is 0 Å². The summed E-state index contributed by atoms with van der Waals surface area (Å²) < 4.78 is 10.2. The molecule has 0 bridgehead atoms. The maximum absolute atomic E-state index is 11.7. The van der Waals surface area contributed by atoms with E-state index in [1.54, 1.807) is 42.5 Å². The number of hydrogen-bond donors (Lipinski definition) is 0. The summed E-state index contributed by atoms with van der Waals surface area (Å²) in [5.74, 6) is -0.00558. The number of hydrogen-bond acceptors (Lipinski definition) is 5. The Kier molecular flexibility index (Phi) is 2.90. The maximum Gasteiger partial charge on any atom is 0.363 e. The van der Waals surface area contributed by atoms with E-state index in [1.165, 1.54) is 6.26 Å². The number of benzene rings is 1. The number of ether oxygens (including phenoxy) is 1. The lowest BCUT2D eigenvalue weighted by Crippen LogP contribution is -2.04. The molecule has 3 rings (SSSR count). The highest BCUT2D eigenvalue weighted by molar-refractivity contribution is 6.11. The first kappa shape index (κ1) is 11.9. The predicted molar refractivity (Wildman–Crippen MR) is 70.5 cm³/mol. The molecule has 2 aromatic rings. The number of furan rings is 1. The third kappa shape index (κ3) is 2.22. The van der Waals surface area contributed by atoms with E-state index in [2.05, 4.69) is 4.99 Å². The van der Waals surface area contributed by atoms with Crippen LogP contribution in [0, 0.1) is 11.3 Å². The third-order valence-electron chi connectivity index (χ3n) is 2.67. The lowest BCUT2D eigenvalue weighted by Gasteiger charge is -1.94. The Bertz CT molecular complexity index is 765. The Balaban J connectivity index is 1.95. The van der Waals surface area contributed by atoms with Crippen molar-refractivity contribution < 1.29 is 13.9 Å². The van der Waals surface area contributed by atoms with Crippen molar-refractivity contribution in [1.82, 2.24) is 0 Å². The van der Waals surface area contributed by atoms with Crippen molar-refractivity contribution in [3.63, 3.8) is 0 Å². The van der Waals surface area contributed by atoms with Crippen LogP contribution in [0.5, 0.6) is 0 Å². The minimum atomic E-state index is -0.543. The number of nitriles is 1. The molecule has 0 atom stereocenters. The molecule has 0 aliphatic carbocycles. The summed E-state index contributed by atoms with van der Waals surface area (Å²) in [6.07, 6.45) is 3.04. The van der Waals surface area contributed by atoms with Gasteiger partial charge in [-0.05, 0) is 35.9 Å². The smallest absolute Gasteiger partial charge is 0.363 e. The predicted octanol–water partition coefficient (Wildman–Crippen LogP) is 2.50. The first-order valence-electron chi connectivity index (χ1n) is 5.83. The van der Waals surface area contributed by atoms with Gasteiger partial charge < -0.3 is 9.15 Å². The molecule has 20 heavy (non-hydrogen) atoms. The van der Waals surface area contributed by atoms with Gasteiger partial charge >= 0.3 is 5.97 Å². The molecule has 96 valence electrons. The van der Waals surface area contributed by atoms with Gasteiger partial charge in [0.15, 0.2) is 11.5 Å². The molecule has 0 spiro atoms. The zero-order chi connectivity index (χ0) is 13.9. The quantitative estimate of drug-likeness (QED) is 0.616. The van der Waals surface area contributed by atoms with Crippen molar-refractivity contribution >= 4 is 17.9 Å². The SMILES string of the molecule is N#Cc1cccc(C=C2N=C(c3ccco3)OC2=O)c1. The fourth-order valence-corrected chi connectivity index (χ4v) is 1.77. The summed E-state index contributed by atoms with van der Waals surface area (Å²) in [7, 11) is 0. The Morgan fingerprint density at radius 1 is 1.25 bits per heavy atom. The van der Waals surface area contributed by atoms with Crippen LogP contribution in [0.15, 0.2) is 57.8 Å². The first-order chi connectivity index (χ1) is 9.76. The minimum absolute atomic E-state index is 0.141. The average Bonchev–Trinajstić information content (AvgIpc) is 3.10. The molecule has 1 aromatic heterocycles. The minimum Gasteiger partial charge on any atom is -0.459 e. The van der Waals surface area contributed by atoms with E-state index < -0.39 is 5.97 Å². The molecule has 0 saturated heterocycles. The van der Waals surface area contributed by atoms with Crippen LogP contribution in [0.1, 0.15) is 16.9 Å². The summed E-state index contributed by atoms with van der Waals surface area (Å²) in [6, 6.07) is 12.3. The van der Waals surface area contributed by atoms with Gasteiger partial charge in [0.2, 0.25) is 0 Å². The van der Waals surface area contributed by atoms with E-state index in [4.69, 9.17) is 14.4 Å². The highest BCUT2D eigenvalue weighted by Gasteiger charge is 2.25. The molecule has 0 unspecified atom stereocenters. The summed E-state index contributed by atoms with van der Waals surface area (Å²) in [5, 5.41) is 8.84. The molecule has 0 saturated carbocycles. The summed E-state index contributed by atoms with van der Waals surface area (Å²) in [6.45, 7) is 0. The van der Waals surface area contributed by atoms with E-state index in [0.29, 0.717) is 16.9 Å². The van der Waals surface area contributed by atoms with Gasteiger partial charge in [0, 0.05) is 0 Å². The van der Waals surface area contributed by atoms with Gasteiger partial charge in [-0.1, -0.05) is 12.1 Å². The summed E-state index contributed by atoms with van der Waals surface area (Å²) in [5.41, 5.74) is 1.40. The largest absolute Gasteiger partial charge is 0.459 e. The van der Waals surface area contributed by atoms with Crippen molar-refractivity contribution in [1.29, 1.82) is 5.26 Å². The second-order valence-electron chi connectivity index (χ2n) is 4.05. The van der Waals surface area contributed by atoms with Gasteiger partial charge in [0.05, 0.1) is 17.9 Å². The Labute approximate surface area is 114 Å². The molecule has 0 N–H and O–H groups in total. The van der Waals surface area contributed by atoms with Crippen molar-refractivity contribution in [2.45, 2.75) is 0 Å². The zero-order valence-corrected chi connectivity index (χ0v) is 10.2. The highest BCUT2D eigenvalue weighted by Crippen LogP contribution is 2.19. The monoisotopic (exact) mass is 264 g/mol. The topological polar surface area (TPSA) is 75.6 Å². The number of nitrogens with zero attached hydrogens (tertiary/aromatic N) is 2. The van der Waals surface area contributed by atoms with Crippen LogP contribution in [0.2, 0.25) is 0 Å². The molecular formula is C15H8N2O3. The van der Waals surface area contributed by atoms with Crippen molar-refractivity contribution in [2.24, 2.45) is 4.99 Å². The Hall–Kier alpha value is -3.13. The molecule has 2 heterocycles. The van der Waals surface area contributed by atoms with Gasteiger partial charge in [-0.2, -0.15) is 5.26 Å². The van der Waals surface area contributed by atoms with Crippen molar-refractivity contribution in [3.8, 4) is 6.07 Å². The average molecular weight is 264 g/mol. The van der Waals surface area contributed by atoms with Gasteiger partial charge in [-0.3, -0.25) is 0 Å². The molecule has 1 aliphatic rings. The summed E-state index contributed by atoms with van der Waals surface area (Å²) >= 11 is 0. The Morgan fingerprint density at radius 3 is 2.90 bits per heavy atom. The number of rotatable bonds is 2. The fraction of sp³-hybridized carbons (Fsp3) is 0. The van der Waals surface area contributed by atoms with Crippen LogP contribution >= 0.6 is 0 Å². The molecule has 0 amide bonds. The highest BCUT2D eigenvalue weighted by atomic mass is 16.6. The molecule has 1 aliphatic heterocycles. The van der Waals surface area contributed by atoms with Gasteiger partial charge in [-0.15, -0.1) is 0 Å². The van der Waals surface area contributed by atoms with Crippen molar-refractivity contribution in [2.75, 3.05) is 0 Å². The van der Waals surface area contributed by atoms with E-state index in [9.17, 15) is 4.79 Å². The molecule has 0 fully saturated rings. The number of carbonyl (C=O) groups excluding carboxylic acids is 1. The first-order valence-corrected chi connectivity index (χ1v) is 5.83. The second kappa shape index (κ2) is 4.86. The summed E-state index contributed by atoms with van der Waals surface area (Å²) in [4.78, 5) is 15.8.